The van der Waals surface area contributed by atoms with Crippen LogP contribution in [-0.4, -0.2) is 9.78 Å². The van der Waals surface area contributed by atoms with Crippen LogP contribution in [0.5, 0.6) is 0 Å². The topological polar surface area (TPSA) is 43.8 Å². The second-order valence-corrected chi connectivity index (χ2v) is 4.90. The van der Waals surface area contributed by atoms with Crippen LogP contribution >= 0.6 is 11.6 Å². The molecule has 4 heteroatoms. The standard InChI is InChI=1S/C10H18ClN3/c1-5-6-14-9(12)7(11)8(13-14)10(2,3)4/h5-6,12H2,1-4H3. The van der Waals surface area contributed by atoms with Gasteiger partial charge < -0.3 is 5.73 Å². The molecule has 3 nitrogen and oxygen atoms in total. The number of rotatable bonds is 2. The van der Waals surface area contributed by atoms with Crippen molar-refractivity contribution in [3.63, 3.8) is 0 Å². The van der Waals surface area contributed by atoms with Crippen molar-refractivity contribution < 1.29 is 0 Å². The van der Waals surface area contributed by atoms with Crippen LogP contribution in [-0.2, 0) is 12.0 Å². The third-order valence-electron chi connectivity index (χ3n) is 2.08. The van der Waals surface area contributed by atoms with Crippen molar-refractivity contribution in [3.8, 4) is 0 Å². The minimum atomic E-state index is -0.0514. The molecule has 0 unspecified atom stereocenters. The number of aromatic nitrogens is 2. The van der Waals surface area contributed by atoms with E-state index in [0.717, 1.165) is 18.7 Å². The molecule has 0 saturated carbocycles. The number of anilines is 1. The maximum absolute atomic E-state index is 6.13. The lowest BCUT2D eigenvalue weighted by atomic mass is 9.92. The van der Waals surface area contributed by atoms with E-state index in [-0.39, 0.29) is 5.41 Å². The molecule has 1 aromatic rings. The number of hydrogen-bond donors (Lipinski definition) is 1. The Bertz CT molecular complexity index is 323. The smallest absolute Gasteiger partial charge is 0.140 e. The zero-order valence-electron chi connectivity index (χ0n) is 9.26. The molecule has 0 aliphatic carbocycles. The van der Waals surface area contributed by atoms with E-state index in [2.05, 4.69) is 32.8 Å². The highest BCUT2D eigenvalue weighted by Gasteiger charge is 2.24. The molecule has 0 saturated heterocycles. The second-order valence-electron chi connectivity index (χ2n) is 4.52. The molecule has 0 aliphatic rings. The average molecular weight is 216 g/mol. The van der Waals surface area contributed by atoms with E-state index in [1.165, 1.54) is 0 Å². The van der Waals surface area contributed by atoms with Gasteiger partial charge in [0, 0.05) is 12.0 Å². The van der Waals surface area contributed by atoms with Crippen LogP contribution < -0.4 is 5.73 Å². The molecule has 0 radical (unpaired) electrons. The van der Waals surface area contributed by atoms with E-state index in [4.69, 9.17) is 17.3 Å². The van der Waals surface area contributed by atoms with Crippen molar-refractivity contribution in [3.05, 3.63) is 10.7 Å². The molecule has 1 aromatic heterocycles. The van der Waals surface area contributed by atoms with Crippen LogP contribution in [0.1, 0.15) is 39.8 Å². The molecule has 80 valence electrons. The number of hydrogen-bond acceptors (Lipinski definition) is 2. The summed E-state index contributed by atoms with van der Waals surface area (Å²) in [6, 6.07) is 0. The van der Waals surface area contributed by atoms with Gasteiger partial charge in [-0.2, -0.15) is 5.10 Å². The monoisotopic (exact) mass is 215 g/mol. The molecule has 0 fully saturated rings. The van der Waals surface area contributed by atoms with Crippen molar-refractivity contribution in [1.82, 2.24) is 9.78 Å². The second kappa shape index (κ2) is 3.81. The van der Waals surface area contributed by atoms with Crippen molar-refractivity contribution in [2.24, 2.45) is 0 Å². The van der Waals surface area contributed by atoms with Gasteiger partial charge in [0.1, 0.15) is 10.8 Å². The fraction of sp³-hybridized carbons (Fsp3) is 0.700. The third-order valence-corrected chi connectivity index (χ3v) is 2.45. The molecule has 0 aromatic carbocycles. The first kappa shape index (κ1) is 11.4. The highest BCUT2D eigenvalue weighted by molar-refractivity contribution is 6.33. The van der Waals surface area contributed by atoms with Crippen LogP contribution in [0.25, 0.3) is 0 Å². The number of nitrogens with zero attached hydrogens (tertiary/aromatic N) is 2. The number of nitrogens with two attached hydrogens (primary N) is 1. The molecule has 0 atom stereocenters. The molecular formula is C10H18ClN3. The normalized spacial score (nSPS) is 12.1. The van der Waals surface area contributed by atoms with Gasteiger partial charge in [0.15, 0.2) is 0 Å². The van der Waals surface area contributed by atoms with Gasteiger partial charge >= 0.3 is 0 Å². The summed E-state index contributed by atoms with van der Waals surface area (Å²) >= 11 is 6.13. The summed E-state index contributed by atoms with van der Waals surface area (Å²) in [6.45, 7) is 9.15. The average Bonchev–Trinajstić information content (AvgIpc) is 2.32. The summed E-state index contributed by atoms with van der Waals surface area (Å²) in [6.07, 6.45) is 1.01. The zero-order chi connectivity index (χ0) is 10.9. The van der Waals surface area contributed by atoms with E-state index in [1.54, 1.807) is 4.68 Å². The van der Waals surface area contributed by atoms with Gasteiger partial charge in [0.2, 0.25) is 0 Å². The molecule has 0 bridgehead atoms. The third kappa shape index (κ3) is 2.03. The first-order chi connectivity index (χ1) is 6.38. The lowest BCUT2D eigenvalue weighted by Crippen LogP contribution is -2.13. The minimum Gasteiger partial charge on any atom is -0.383 e. The zero-order valence-corrected chi connectivity index (χ0v) is 10.0. The Balaban J connectivity index is 3.15. The maximum Gasteiger partial charge on any atom is 0.140 e. The Labute approximate surface area is 90.2 Å². The van der Waals surface area contributed by atoms with Crippen LogP contribution in [0.4, 0.5) is 5.82 Å². The Kier molecular flexibility index (Phi) is 3.10. The largest absolute Gasteiger partial charge is 0.383 e. The van der Waals surface area contributed by atoms with Crippen molar-refractivity contribution in [1.29, 1.82) is 0 Å². The van der Waals surface area contributed by atoms with Crippen molar-refractivity contribution in [2.75, 3.05) is 5.73 Å². The Morgan fingerprint density at radius 3 is 2.36 bits per heavy atom. The molecule has 0 amide bonds. The van der Waals surface area contributed by atoms with Gasteiger partial charge in [-0.1, -0.05) is 39.3 Å². The first-order valence-electron chi connectivity index (χ1n) is 4.90. The van der Waals surface area contributed by atoms with Gasteiger partial charge in [-0.05, 0) is 6.42 Å². The summed E-state index contributed by atoms with van der Waals surface area (Å²) in [5.74, 6) is 0.582. The molecule has 2 N–H and O–H groups in total. The van der Waals surface area contributed by atoms with Crippen molar-refractivity contribution in [2.45, 2.75) is 46.1 Å². The predicted octanol–water partition coefficient (Wildman–Crippen LogP) is 2.83. The van der Waals surface area contributed by atoms with Crippen LogP contribution in [0.3, 0.4) is 0 Å². The van der Waals surface area contributed by atoms with Crippen LogP contribution in [0.2, 0.25) is 5.02 Å². The van der Waals surface area contributed by atoms with Gasteiger partial charge in [-0.15, -0.1) is 0 Å². The predicted molar refractivity (Wildman–Crippen MR) is 60.6 cm³/mol. The van der Waals surface area contributed by atoms with E-state index < -0.39 is 0 Å². The highest BCUT2D eigenvalue weighted by atomic mass is 35.5. The lowest BCUT2D eigenvalue weighted by molar-refractivity contribution is 0.531. The quantitative estimate of drug-likeness (QED) is 0.825. The highest BCUT2D eigenvalue weighted by Crippen LogP contribution is 2.32. The number of nitrogen functional groups attached to an aromatic ring is 1. The Morgan fingerprint density at radius 2 is 2.00 bits per heavy atom. The van der Waals surface area contributed by atoms with E-state index in [0.29, 0.717) is 10.8 Å². The summed E-state index contributed by atoms with van der Waals surface area (Å²) in [4.78, 5) is 0. The summed E-state index contributed by atoms with van der Waals surface area (Å²) in [5.41, 5.74) is 6.68. The van der Waals surface area contributed by atoms with Gasteiger partial charge in [-0.3, -0.25) is 0 Å². The summed E-state index contributed by atoms with van der Waals surface area (Å²) in [7, 11) is 0. The van der Waals surface area contributed by atoms with Crippen molar-refractivity contribution >= 4 is 17.4 Å². The van der Waals surface area contributed by atoms with Gasteiger partial charge in [0.25, 0.3) is 0 Å². The fourth-order valence-electron chi connectivity index (χ4n) is 1.31. The molecule has 1 heterocycles. The van der Waals surface area contributed by atoms with E-state index in [9.17, 15) is 0 Å². The van der Waals surface area contributed by atoms with Crippen LogP contribution in [0.15, 0.2) is 0 Å². The van der Waals surface area contributed by atoms with E-state index in [1.807, 2.05) is 0 Å². The lowest BCUT2D eigenvalue weighted by Gasteiger charge is -2.15. The Hall–Kier alpha value is -0.700. The number of halogens is 1. The molecule has 1 rings (SSSR count). The van der Waals surface area contributed by atoms with Gasteiger partial charge in [0.05, 0.1) is 5.69 Å². The van der Waals surface area contributed by atoms with Crippen LogP contribution in [0, 0.1) is 0 Å². The molecule has 0 spiro atoms. The number of aryl methyl sites for hydroxylation is 1. The first-order valence-corrected chi connectivity index (χ1v) is 5.28. The molecule has 14 heavy (non-hydrogen) atoms. The summed E-state index contributed by atoms with van der Waals surface area (Å²) < 4.78 is 1.78. The van der Waals surface area contributed by atoms with Gasteiger partial charge in [-0.25, -0.2) is 4.68 Å². The maximum atomic E-state index is 6.13. The molecule has 0 aliphatic heterocycles. The van der Waals surface area contributed by atoms with E-state index >= 15 is 0 Å². The Morgan fingerprint density at radius 1 is 1.43 bits per heavy atom. The SMILES string of the molecule is CCCn1nc(C(C)(C)C)c(Cl)c1N. The minimum absolute atomic E-state index is 0.0514. The molecular weight excluding hydrogens is 198 g/mol. The fourth-order valence-corrected chi connectivity index (χ4v) is 1.73. The summed E-state index contributed by atoms with van der Waals surface area (Å²) in [5, 5.41) is 5.03.